The first kappa shape index (κ1) is 14.0. The summed E-state index contributed by atoms with van der Waals surface area (Å²) in [5, 5.41) is 6.84. The van der Waals surface area contributed by atoms with Gasteiger partial charge in [-0.15, -0.1) is 0 Å². The number of hydrogen-bond acceptors (Lipinski definition) is 5. The van der Waals surface area contributed by atoms with Crippen molar-refractivity contribution in [1.29, 1.82) is 0 Å². The fraction of sp³-hybridized carbons (Fsp3) is 0.118. The summed E-state index contributed by atoms with van der Waals surface area (Å²) >= 11 is 6.00. The fourth-order valence-electron chi connectivity index (χ4n) is 2.67. The molecule has 0 radical (unpaired) electrons. The zero-order valence-electron chi connectivity index (χ0n) is 12.2. The summed E-state index contributed by atoms with van der Waals surface area (Å²) in [7, 11) is 1.60. The number of fused-ring (bicyclic) bond motifs is 1. The summed E-state index contributed by atoms with van der Waals surface area (Å²) in [6.07, 6.45) is -0.671. The van der Waals surface area contributed by atoms with Crippen molar-refractivity contribution in [1.82, 2.24) is 0 Å². The lowest BCUT2D eigenvalue weighted by Gasteiger charge is -2.19. The zero-order chi connectivity index (χ0) is 16.0. The molecule has 0 spiro atoms. The lowest BCUT2D eigenvalue weighted by Crippen LogP contribution is -2.18. The van der Waals surface area contributed by atoms with Gasteiger partial charge in [-0.25, -0.2) is 0 Å². The van der Waals surface area contributed by atoms with E-state index in [1.54, 1.807) is 31.4 Å². The molecule has 2 N–H and O–H groups in total. The Morgan fingerprint density at radius 1 is 1.09 bits per heavy atom. The number of methoxy groups -OCH3 is 1. The van der Waals surface area contributed by atoms with Crippen molar-refractivity contribution in [3.8, 4) is 5.75 Å². The number of halogens is 1. The molecular formula is C17H13ClN2O3. The van der Waals surface area contributed by atoms with Crippen molar-refractivity contribution < 1.29 is 14.3 Å². The molecule has 0 aliphatic carbocycles. The number of rotatable bonds is 2. The molecule has 0 aromatic heterocycles. The SMILES string of the molecule is COc1ccc([C@@H]2OC3=C(Nc4ccc(Cl)cc4N3)C2=O)cc1. The number of hydrogen-bond donors (Lipinski definition) is 2. The molecule has 23 heavy (non-hydrogen) atoms. The minimum absolute atomic E-state index is 0.113. The van der Waals surface area contributed by atoms with Crippen molar-refractivity contribution in [3.63, 3.8) is 0 Å². The van der Waals surface area contributed by atoms with E-state index >= 15 is 0 Å². The molecule has 2 aliphatic heterocycles. The minimum Gasteiger partial charge on any atom is -0.497 e. The third kappa shape index (κ3) is 2.29. The van der Waals surface area contributed by atoms with Crippen LogP contribution in [0.1, 0.15) is 11.7 Å². The van der Waals surface area contributed by atoms with Crippen LogP contribution >= 0.6 is 11.6 Å². The minimum atomic E-state index is -0.671. The Morgan fingerprint density at radius 2 is 1.87 bits per heavy atom. The summed E-state index contributed by atoms with van der Waals surface area (Å²) in [4.78, 5) is 12.6. The highest BCUT2D eigenvalue weighted by molar-refractivity contribution is 6.31. The molecule has 116 valence electrons. The molecule has 0 fully saturated rings. The molecule has 2 heterocycles. The molecule has 5 nitrogen and oxygen atoms in total. The van der Waals surface area contributed by atoms with Crippen LogP contribution in [0.2, 0.25) is 5.02 Å². The van der Waals surface area contributed by atoms with Crippen LogP contribution in [0.25, 0.3) is 0 Å². The summed E-state index contributed by atoms with van der Waals surface area (Å²) < 4.78 is 10.9. The van der Waals surface area contributed by atoms with Gasteiger partial charge in [0, 0.05) is 10.6 Å². The highest BCUT2D eigenvalue weighted by Crippen LogP contribution is 2.40. The van der Waals surface area contributed by atoms with Crippen molar-refractivity contribution in [2.45, 2.75) is 6.10 Å². The number of ketones is 1. The zero-order valence-corrected chi connectivity index (χ0v) is 13.0. The molecule has 2 aromatic rings. The second kappa shape index (κ2) is 5.21. The molecule has 6 heteroatoms. The molecule has 2 aromatic carbocycles. The largest absolute Gasteiger partial charge is 0.497 e. The Morgan fingerprint density at radius 3 is 2.61 bits per heavy atom. The predicted molar refractivity (Wildman–Crippen MR) is 87.6 cm³/mol. The lowest BCUT2D eigenvalue weighted by atomic mass is 10.0. The van der Waals surface area contributed by atoms with E-state index in [0.29, 0.717) is 16.6 Å². The van der Waals surface area contributed by atoms with E-state index in [9.17, 15) is 4.79 Å². The van der Waals surface area contributed by atoms with Crippen molar-refractivity contribution in [3.05, 3.63) is 64.6 Å². The van der Waals surface area contributed by atoms with E-state index in [-0.39, 0.29) is 5.78 Å². The van der Waals surface area contributed by atoms with Gasteiger partial charge in [-0.2, -0.15) is 0 Å². The number of benzene rings is 2. The van der Waals surface area contributed by atoms with Crippen LogP contribution in [0.5, 0.6) is 5.75 Å². The van der Waals surface area contributed by atoms with Crippen LogP contribution < -0.4 is 15.4 Å². The smallest absolute Gasteiger partial charge is 0.229 e. The molecule has 0 saturated heterocycles. The molecule has 1 atom stereocenters. The monoisotopic (exact) mass is 328 g/mol. The van der Waals surface area contributed by atoms with Crippen LogP contribution in [-0.4, -0.2) is 12.9 Å². The van der Waals surface area contributed by atoms with Gasteiger partial charge in [-0.05, 0) is 30.3 Å². The quantitative estimate of drug-likeness (QED) is 0.880. The molecule has 0 saturated carbocycles. The van der Waals surface area contributed by atoms with E-state index < -0.39 is 6.10 Å². The summed E-state index contributed by atoms with van der Waals surface area (Å²) in [6.45, 7) is 0. The molecule has 0 unspecified atom stereocenters. The molecule has 0 bridgehead atoms. The van der Waals surface area contributed by atoms with E-state index in [1.165, 1.54) is 0 Å². The Labute approximate surface area is 137 Å². The van der Waals surface area contributed by atoms with E-state index in [4.69, 9.17) is 21.1 Å². The first-order valence-electron chi connectivity index (χ1n) is 7.08. The number of anilines is 2. The number of ether oxygens (including phenoxy) is 2. The van der Waals surface area contributed by atoms with Gasteiger partial charge < -0.3 is 20.1 Å². The Kier molecular flexibility index (Phi) is 3.16. The normalized spacial score (nSPS) is 18.5. The molecular weight excluding hydrogens is 316 g/mol. The average Bonchev–Trinajstić information content (AvgIpc) is 2.89. The van der Waals surface area contributed by atoms with Gasteiger partial charge in [0.1, 0.15) is 11.4 Å². The van der Waals surface area contributed by atoms with Crippen molar-refractivity contribution in [2.75, 3.05) is 17.7 Å². The van der Waals surface area contributed by atoms with Gasteiger partial charge >= 0.3 is 0 Å². The van der Waals surface area contributed by atoms with Gasteiger partial charge in [0.25, 0.3) is 0 Å². The van der Waals surface area contributed by atoms with Gasteiger partial charge in [-0.1, -0.05) is 23.7 Å². The van der Waals surface area contributed by atoms with Crippen LogP contribution in [-0.2, 0) is 9.53 Å². The van der Waals surface area contributed by atoms with Gasteiger partial charge in [0.05, 0.1) is 18.5 Å². The number of carbonyl (C=O) groups excluding carboxylic acids is 1. The maximum atomic E-state index is 12.6. The second-order valence-electron chi connectivity index (χ2n) is 5.28. The predicted octanol–water partition coefficient (Wildman–Crippen LogP) is 3.70. The number of Topliss-reactive ketones (excluding diaryl/α,β-unsaturated/α-hetero) is 1. The maximum absolute atomic E-state index is 12.6. The van der Waals surface area contributed by atoms with Crippen LogP contribution in [0.15, 0.2) is 54.0 Å². The topological polar surface area (TPSA) is 59.6 Å². The third-order valence-corrected chi connectivity index (χ3v) is 4.09. The third-order valence-electron chi connectivity index (χ3n) is 3.86. The molecule has 2 aliphatic rings. The summed E-state index contributed by atoms with van der Waals surface area (Å²) in [5.74, 6) is 1.04. The first-order valence-corrected chi connectivity index (χ1v) is 7.46. The van der Waals surface area contributed by atoms with Crippen LogP contribution in [0.4, 0.5) is 11.4 Å². The van der Waals surface area contributed by atoms with E-state index in [2.05, 4.69) is 10.6 Å². The first-order chi connectivity index (χ1) is 11.2. The Balaban J connectivity index is 1.62. The van der Waals surface area contributed by atoms with Crippen LogP contribution in [0, 0.1) is 0 Å². The second-order valence-corrected chi connectivity index (χ2v) is 5.72. The van der Waals surface area contributed by atoms with Crippen molar-refractivity contribution in [2.24, 2.45) is 0 Å². The number of nitrogens with one attached hydrogen (secondary N) is 2. The highest BCUT2D eigenvalue weighted by atomic mass is 35.5. The van der Waals surface area contributed by atoms with Gasteiger partial charge in [-0.3, -0.25) is 4.79 Å². The van der Waals surface area contributed by atoms with E-state index in [1.807, 2.05) is 18.2 Å². The van der Waals surface area contributed by atoms with E-state index in [0.717, 1.165) is 22.7 Å². The molecule has 4 rings (SSSR count). The lowest BCUT2D eigenvalue weighted by molar-refractivity contribution is -0.121. The Hall–Kier alpha value is -2.66. The van der Waals surface area contributed by atoms with Gasteiger partial charge in [0.15, 0.2) is 6.10 Å². The fourth-order valence-corrected chi connectivity index (χ4v) is 2.84. The highest BCUT2D eigenvalue weighted by Gasteiger charge is 2.39. The maximum Gasteiger partial charge on any atom is 0.229 e. The van der Waals surface area contributed by atoms with Crippen molar-refractivity contribution >= 4 is 28.8 Å². The standard InChI is InChI=1S/C17H13ClN2O3/c1-22-11-5-2-9(3-6-11)16-15(21)14-17(23-16)20-13-8-10(18)4-7-12(13)19-14/h2-8,16,19-20H,1H3/t16-/m0/s1. The molecule has 0 amide bonds. The van der Waals surface area contributed by atoms with Crippen LogP contribution in [0.3, 0.4) is 0 Å². The number of carbonyl (C=O) groups is 1. The average molecular weight is 329 g/mol. The summed E-state index contributed by atoms with van der Waals surface area (Å²) in [6, 6.07) is 12.6. The van der Waals surface area contributed by atoms with Gasteiger partial charge in [0.2, 0.25) is 11.7 Å². The summed E-state index contributed by atoms with van der Waals surface area (Å²) in [5.41, 5.74) is 2.77. The Bertz CT molecular complexity index is 830.